The largest absolute Gasteiger partial charge is 0.494 e. The number of aryl methyl sites for hydroxylation is 1. The minimum Gasteiger partial charge on any atom is -0.494 e. The maximum Gasteiger partial charge on any atom is 0.119 e. The maximum atomic E-state index is 8.77. The summed E-state index contributed by atoms with van der Waals surface area (Å²) >= 11 is 0. The minimum absolute atomic E-state index is 0.334. The summed E-state index contributed by atoms with van der Waals surface area (Å²) in [6.07, 6.45) is 17.2. The fraction of sp³-hybridized carbons (Fsp3) is 0.586. The van der Waals surface area contributed by atoms with Crippen molar-refractivity contribution in [2.75, 3.05) is 13.2 Å². The second-order valence-electron chi connectivity index (χ2n) is 8.93. The summed E-state index contributed by atoms with van der Waals surface area (Å²) in [6.45, 7) is 3.34. The van der Waals surface area contributed by atoms with Crippen LogP contribution in [0.4, 0.5) is 11.4 Å². The Balaban J connectivity index is 1.57. The quantitative estimate of drug-likeness (QED) is 0.171. The van der Waals surface area contributed by atoms with Gasteiger partial charge in [0.2, 0.25) is 0 Å². The Kier molecular flexibility index (Phi) is 15.0. The van der Waals surface area contributed by atoms with Crippen molar-refractivity contribution >= 4 is 11.4 Å². The van der Waals surface area contributed by atoms with Crippen LogP contribution in [0.2, 0.25) is 0 Å². The van der Waals surface area contributed by atoms with E-state index < -0.39 is 0 Å². The third-order valence-electron chi connectivity index (χ3n) is 5.94. The van der Waals surface area contributed by atoms with Crippen LogP contribution in [0.3, 0.4) is 0 Å². The van der Waals surface area contributed by atoms with E-state index in [0.29, 0.717) is 6.61 Å². The van der Waals surface area contributed by atoms with Crippen molar-refractivity contribution < 1.29 is 9.84 Å². The zero-order valence-corrected chi connectivity index (χ0v) is 20.7. The first-order valence-corrected chi connectivity index (χ1v) is 13.2. The van der Waals surface area contributed by atoms with Gasteiger partial charge in [-0.3, -0.25) is 0 Å². The summed E-state index contributed by atoms with van der Waals surface area (Å²) in [5.74, 6) is 0.894. The molecule has 0 radical (unpaired) electrons. The first-order chi connectivity index (χ1) is 16.3. The van der Waals surface area contributed by atoms with Crippen LogP contribution in [0.1, 0.15) is 96.0 Å². The highest BCUT2D eigenvalue weighted by Crippen LogP contribution is 2.22. The Bertz CT molecular complexity index is 741. The lowest BCUT2D eigenvalue weighted by atomic mass is 10.1. The van der Waals surface area contributed by atoms with Crippen LogP contribution in [0.25, 0.3) is 0 Å². The zero-order valence-electron chi connectivity index (χ0n) is 20.7. The lowest BCUT2D eigenvalue weighted by Gasteiger charge is -2.06. The standard InChI is InChI=1S/C29H44N2O2/c1-2-3-4-12-15-26-16-18-27(19-17-26)30-31-28-20-22-29(23-21-28)33-25-14-11-9-7-5-6-8-10-13-24-32/h16-23,32H,2-15,24-25H2,1H3. The van der Waals surface area contributed by atoms with E-state index in [1.165, 1.54) is 69.8 Å². The summed E-state index contributed by atoms with van der Waals surface area (Å²) in [5.41, 5.74) is 3.10. The number of ether oxygens (including phenoxy) is 1. The van der Waals surface area contributed by atoms with Crippen LogP contribution in [-0.4, -0.2) is 18.3 Å². The highest BCUT2D eigenvalue weighted by molar-refractivity contribution is 5.43. The second kappa shape index (κ2) is 18.3. The van der Waals surface area contributed by atoms with Gasteiger partial charge in [0, 0.05) is 6.61 Å². The van der Waals surface area contributed by atoms with E-state index in [-0.39, 0.29) is 0 Å². The van der Waals surface area contributed by atoms with Crippen LogP contribution in [0.15, 0.2) is 58.8 Å². The Morgan fingerprint density at radius 3 is 1.70 bits per heavy atom. The molecule has 0 heterocycles. The molecule has 0 spiro atoms. The van der Waals surface area contributed by atoms with Gasteiger partial charge < -0.3 is 9.84 Å². The molecule has 2 aromatic carbocycles. The number of benzene rings is 2. The highest BCUT2D eigenvalue weighted by Gasteiger charge is 1.98. The SMILES string of the molecule is CCCCCCc1ccc(N=Nc2ccc(OCCCCCCCCCCCO)cc2)cc1. The molecular formula is C29H44N2O2. The van der Waals surface area contributed by atoms with Gasteiger partial charge in [-0.2, -0.15) is 10.2 Å². The van der Waals surface area contributed by atoms with Crippen molar-refractivity contribution in [3.8, 4) is 5.75 Å². The molecule has 0 atom stereocenters. The summed E-state index contributed by atoms with van der Waals surface area (Å²) in [6, 6.07) is 16.3. The molecule has 33 heavy (non-hydrogen) atoms. The molecule has 0 saturated carbocycles. The number of aliphatic hydroxyl groups is 1. The number of aliphatic hydroxyl groups excluding tert-OH is 1. The van der Waals surface area contributed by atoms with E-state index in [4.69, 9.17) is 9.84 Å². The number of hydrogen-bond donors (Lipinski definition) is 1. The fourth-order valence-corrected chi connectivity index (χ4v) is 3.85. The molecular weight excluding hydrogens is 408 g/mol. The van der Waals surface area contributed by atoms with Crippen LogP contribution in [-0.2, 0) is 6.42 Å². The van der Waals surface area contributed by atoms with E-state index in [1.807, 2.05) is 36.4 Å². The van der Waals surface area contributed by atoms with E-state index in [0.717, 1.165) is 49.4 Å². The molecule has 0 bridgehead atoms. The molecule has 0 aliphatic heterocycles. The van der Waals surface area contributed by atoms with E-state index in [9.17, 15) is 0 Å². The Morgan fingerprint density at radius 2 is 1.12 bits per heavy atom. The molecule has 0 aromatic heterocycles. The van der Waals surface area contributed by atoms with Gasteiger partial charge in [-0.15, -0.1) is 0 Å². The fourth-order valence-electron chi connectivity index (χ4n) is 3.85. The molecule has 0 amide bonds. The maximum absolute atomic E-state index is 8.77. The Morgan fingerprint density at radius 1 is 0.606 bits per heavy atom. The molecule has 182 valence electrons. The average Bonchev–Trinajstić information content (AvgIpc) is 2.85. The minimum atomic E-state index is 0.334. The summed E-state index contributed by atoms with van der Waals surface area (Å²) < 4.78 is 5.86. The molecule has 2 rings (SSSR count). The molecule has 0 fully saturated rings. The molecule has 0 unspecified atom stereocenters. The van der Waals surface area contributed by atoms with Gasteiger partial charge >= 0.3 is 0 Å². The molecule has 4 nitrogen and oxygen atoms in total. The molecule has 0 aliphatic rings. The first kappa shape index (κ1) is 27.0. The Labute approximate surface area is 201 Å². The van der Waals surface area contributed by atoms with E-state index >= 15 is 0 Å². The van der Waals surface area contributed by atoms with Gasteiger partial charge in [-0.05, 0) is 67.6 Å². The van der Waals surface area contributed by atoms with Gasteiger partial charge in [0.1, 0.15) is 5.75 Å². The average molecular weight is 453 g/mol. The monoisotopic (exact) mass is 452 g/mol. The highest BCUT2D eigenvalue weighted by atomic mass is 16.5. The lowest BCUT2D eigenvalue weighted by Crippen LogP contribution is -1.96. The van der Waals surface area contributed by atoms with Crippen LogP contribution < -0.4 is 4.74 Å². The van der Waals surface area contributed by atoms with Gasteiger partial charge in [0.25, 0.3) is 0 Å². The van der Waals surface area contributed by atoms with Crippen molar-refractivity contribution in [2.45, 2.75) is 96.8 Å². The summed E-state index contributed by atoms with van der Waals surface area (Å²) in [4.78, 5) is 0. The summed E-state index contributed by atoms with van der Waals surface area (Å²) in [7, 11) is 0. The van der Waals surface area contributed by atoms with Crippen LogP contribution in [0.5, 0.6) is 5.75 Å². The molecule has 1 N–H and O–H groups in total. The van der Waals surface area contributed by atoms with E-state index in [1.54, 1.807) is 0 Å². The van der Waals surface area contributed by atoms with Gasteiger partial charge in [-0.1, -0.05) is 83.3 Å². The molecule has 4 heteroatoms. The number of azo groups is 1. The lowest BCUT2D eigenvalue weighted by molar-refractivity contribution is 0.282. The van der Waals surface area contributed by atoms with Gasteiger partial charge in [-0.25, -0.2) is 0 Å². The third-order valence-corrected chi connectivity index (χ3v) is 5.94. The predicted molar refractivity (Wildman–Crippen MR) is 139 cm³/mol. The number of nitrogens with zero attached hydrogens (tertiary/aromatic N) is 2. The van der Waals surface area contributed by atoms with Crippen molar-refractivity contribution in [1.82, 2.24) is 0 Å². The number of hydrogen-bond acceptors (Lipinski definition) is 4. The normalized spacial score (nSPS) is 11.3. The second-order valence-corrected chi connectivity index (χ2v) is 8.93. The van der Waals surface area contributed by atoms with Crippen LogP contribution in [0, 0.1) is 0 Å². The van der Waals surface area contributed by atoms with Crippen LogP contribution >= 0.6 is 0 Å². The molecule has 0 aliphatic carbocycles. The third kappa shape index (κ3) is 13.2. The summed E-state index contributed by atoms with van der Waals surface area (Å²) in [5, 5.41) is 17.5. The van der Waals surface area contributed by atoms with Crippen molar-refractivity contribution in [1.29, 1.82) is 0 Å². The van der Waals surface area contributed by atoms with Crippen molar-refractivity contribution in [3.05, 3.63) is 54.1 Å². The predicted octanol–water partition coefficient (Wildman–Crippen LogP) is 9.11. The smallest absolute Gasteiger partial charge is 0.119 e. The molecule has 2 aromatic rings. The van der Waals surface area contributed by atoms with Gasteiger partial charge in [0.15, 0.2) is 0 Å². The van der Waals surface area contributed by atoms with Crippen molar-refractivity contribution in [2.24, 2.45) is 10.2 Å². The van der Waals surface area contributed by atoms with E-state index in [2.05, 4.69) is 29.3 Å². The number of rotatable bonds is 19. The Hall–Kier alpha value is -2.20. The first-order valence-electron chi connectivity index (χ1n) is 13.2. The number of unbranched alkanes of at least 4 members (excludes halogenated alkanes) is 11. The zero-order chi connectivity index (χ0) is 23.4. The van der Waals surface area contributed by atoms with Crippen molar-refractivity contribution in [3.63, 3.8) is 0 Å². The molecule has 0 saturated heterocycles. The van der Waals surface area contributed by atoms with Gasteiger partial charge in [0.05, 0.1) is 18.0 Å². The topological polar surface area (TPSA) is 54.2 Å².